The van der Waals surface area contributed by atoms with E-state index in [1.54, 1.807) is 0 Å². The molecule has 1 heteroatoms. The lowest BCUT2D eigenvalue weighted by atomic mass is 10.1. The van der Waals surface area contributed by atoms with Crippen LogP contribution in [0.5, 0.6) is 0 Å². The van der Waals surface area contributed by atoms with E-state index < -0.39 is 0 Å². The summed E-state index contributed by atoms with van der Waals surface area (Å²) in [5.41, 5.74) is 1.38. The second-order valence-electron chi connectivity index (χ2n) is 3.01. The van der Waals surface area contributed by atoms with Gasteiger partial charge in [0.1, 0.15) is 0 Å². The maximum atomic E-state index is 4.00. The lowest BCUT2D eigenvalue weighted by Crippen LogP contribution is -1.84. The van der Waals surface area contributed by atoms with E-state index in [0.717, 1.165) is 0 Å². The number of terminal acetylenes is 1. The molecule has 0 saturated carbocycles. The molecule has 1 aromatic rings. The third kappa shape index (κ3) is 6.04. The van der Waals surface area contributed by atoms with Gasteiger partial charge in [0, 0.05) is 11.9 Å². The summed E-state index contributed by atoms with van der Waals surface area (Å²) in [7, 11) is 0. The first-order valence-corrected chi connectivity index (χ1v) is 4.89. The Labute approximate surface area is 81.6 Å². The molecule has 0 amide bonds. The van der Waals surface area contributed by atoms with Crippen LogP contribution < -0.4 is 0 Å². The highest BCUT2D eigenvalue weighted by molar-refractivity contribution is 5.03. The largest absolute Gasteiger partial charge is 0.365 e. The summed E-state index contributed by atoms with van der Waals surface area (Å²) in [6.07, 6.45) is 16.6. The highest BCUT2D eigenvalue weighted by Gasteiger charge is 1.91. The summed E-state index contributed by atoms with van der Waals surface area (Å²) in [6.45, 7) is 2.24. The number of rotatable bonds is 5. The molecule has 0 atom stereocenters. The number of aromatic amines is 1. The van der Waals surface area contributed by atoms with Gasteiger partial charge >= 0.3 is 0 Å². The van der Waals surface area contributed by atoms with E-state index in [2.05, 4.69) is 36.9 Å². The van der Waals surface area contributed by atoms with Crippen LogP contribution in [0.2, 0.25) is 0 Å². The van der Waals surface area contributed by atoms with E-state index >= 15 is 0 Å². The maximum Gasteiger partial charge on any atom is 0.0147 e. The molecule has 0 bridgehead atoms. The number of nitrogens with one attached hydrogen (secondary N) is 1. The van der Waals surface area contributed by atoms with E-state index in [4.69, 9.17) is 0 Å². The highest BCUT2D eigenvalue weighted by Crippen LogP contribution is 2.04. The Kier molecular flexibility index (Phi) is 8.14. The van der Waals surface area contributed by atoms with Crippen LogP contribution >= 0.6 is 0 Å². The maximum absolute atomic E-state index is 4.00. The van der Waals surface area contributed by atoms with E-state index in [9.17, 15) is 0 Å². The fourth-order valence-electron chi connectivity index (χ4n) is 1.27. The van der Waals surface area contributed by atoms with Crippen molar-refractivity contribution in [2.45, 2.75) is 39.0 Å². The Balaban J connectivity index is 0.000000671. The van der Waals surface area contributed by atoms with Crippen molar-refractivity contribution in [3.05, 3.63) is 24.0 Å². The van der Waals surface area contributed by atoms with Crippen molar-refractivity contribution < 1.29 is 0 Å². The minimum absolute atomic E-state index is 1.22. The van der Waals surface area contributed by atoms with Gasteiger partial charge in [-0.05, 0) is 25.0 Å². The average molecular weight is 177 g/mol. The first-order chi connectivity index (χ1) is 6.43. The standard InChI is InChI=1S/C10H17N.C2H2/c1-2-3-4-5-7-10-8-6-9-11-10;1-2/h6,8-9,11H,2-5,7H2,1H3;1-2H. The summed E-state index contributed by atoms with van der Waals surface area (Å²) in [4.78, 5) is 3.21. The molecule has 0 spiro atoms. The molecule has 0 radical (unpaired) electrons. The smallest absolute Gasteiger partial charge is 0.0147 e. The molecule has 0 aliphatic carbocycles. The molecule has 1 nitrogen and oxygen atoms in total. The van der Waals surface area contributed by atoms with E-state index in [1.165, 1.54) is 37.8 Å². The van der Waals surface area contributed by atoms with Gasteiger partial charge in [-0.2, -0.15) is 0 Å². The molecule has 0 saturated heterocycles. The molecule has 1 heterocycles. The third-order valence-corrected chi connectivity index (χ3v) is 1.96. The fourth-order valence-corrected chi connectivity index (χ4v) is 1.27. The van der Waals surface area contributed by atoms with Gasteiger partial charge in [0.25, 0.3) is 0 Å². The van der Waals surface area contributed by atoms with E-state index in [-0.39, 0.29) is 0 Å². The van der Waals surface area contributed by atoms with Crippen molar-refractivity contribution >= 4 is 0 Å². The summed E-state index contributed by atoms with van der Waals surface area (Å²) in [5.74, 6) is 0. The molecule has 0 aromatic carbocycles. The van der Waals surface area contributed by atoms with Crippen molar-refractivity contribution in [2.24, 2.45) is 0 Å². The average Bonchev–Trinajstić information content (AvgIpc) is 2.68. The zero-order chi connectivity index (χ0) is 9.94. The molecular formula is C12H19N. The zero-order valence-electron chi connectivity index (χ0n) is 8.42. The van der Waals surface area contributed by atoms with Crippen molar-refractivity contribution in [3.8, 4) is 12.8 Å². The molecule has 0 aliphatic rings. The molecule has 0 unspecified atom stereocenters. The van der Waals surface area contributed by atoms with Crippen LogP contribution in [-0.2, 0) is 6.42 Å². The van der Waals surface area contributed by atoms with Crippen molar-refractivity contribution in [1.29, 1.82) is 0 Å². The minimum atomic E-state index is 1.22. The molecule has 1 N–H and O–H groups in total. The Hall–Kier alpha value is -1.16. The quantitative estimate of drug-likeness (QED) is 0.524. The fraction of sp³-hybridized carbons (Fsp3) is 0.500. The Bertz CT molecular complexity index is 196. The lowest BCUT2D eigenvalue weighted by Gasteiger charge is -1.96. The van der Waals surface area contributed by atoms with E-state index in [1.807, 2.05) is 6.20 Å². The second kappa shape index (κ2) is 8.93. The first kappa shape index (κ1) is 11.8. The predicted molar refractivity (Wildman–Crippen MR) is 58.5 cm³/mol. The molecule has 72 valence electrons. The zero-order valence-corrected chi connectivity index (χ0v) is 8.42. The Morgan fingerprint density at radius 2 is 2.00 bits per heavy atom. The molecular weight excluding hydrogens is 158 g/mol. The van der Waals surface area contributed by atoms with Crippen LogP contribution in [-0.4, -0.2) is 4.98 Å². The van der Waals surface area contributed by atoms with Crippen LogP contribution in [0.3, 0.4) is 0 Å². The van der Waals surface area contributed by atoms with Crippen LogP contribution in [0, 0.1) is 12.8 Å². The van der Waals surface area contributed by atoms with Gasteiger partial charge in [0.15, 0.2) is 0 Å². The normalized spacial score (nSPS) is 8.85. The van der Waals surface area contributed by atoms with Crippen molar-refractivity contribution in [3.63, 3.8) is 0 Å². The number of unbranched alkanes of at least 4 members (excludes halogenated alkanes) is 3. The van der Waals surface area contributed by atoms with Gasteiger partial charge in [-0.3, -0.25) is 0 Å². The summed E-state index contributed by atoms with van der Waals surface area (Å²) < 4.78 is 0. The Morgan fingerprint density at radius 3 is 2.54 bits per heavy atom. The third-order valence-electron chi connectivity index (χ3n) is 1.96. The number of hydrogen-bond donors (Lipinski definition) is 1. The van der Waals surface area contributed by atoms with Crippen LogP contribution in [0.1, 0.15) is 38.3 Å². The minimum Gasteiger partial charge on any atom is -0.365 e. The van der Waals surface area contributed by atoms with Crippen LogP contribution in [0.4, 0.5) is 0 Å². The van der Waals surface area contributed by atoms with Gasteiger partial charge in [-0.1, -0.05) is 26.2 Å². The van der Waals surface area contributed by atoms with Crippen LogP contribution in [0.25, 0.3) is 0 Å². The summed E-state index contributed by atoms with van der Waals surface area (Å²) in [5, 5.41) is 0. The van der Waals surface area contributed by atoms with Gasteiger partial charge in [-0.25, -0.2) is 0 Å². The van der Waals surface area contributed by atoms with Gasteiger partial charge in [0.05, 0.1) is 0 Å². The first-order valence-electron chi connectivity index (χ1n) is 4.89. The van der Waals surface area contributed by atoms with Gasteiger partial charge in [-0.15, -0.1) is 12.8 Å². The number of aromatic nitrogens is 1. The topological polar surface area (TPSA) is 15.8 Å². The second-order valence-corrected chi connectivity index (χ2v) is 3.01. The highest BCUT2D eigenvalue weighted by atomic mass is 14.7. The molecule has 0 aliphatic heterocycles. The van der Waals surface area contributed by atoms with Crippen molar-refractivity contribution in [1.82, 2.24) is 4.98 Å². The lowest BCUT2D eigenvalue weighted by molar-refractivity contribution is 0.662. The van der Waals surface area contributed by atoms with E-state index in [0.29, 0.717) is 0 Å². The SMILES string of the molecule is C#C.CCCCCCc1ccc[nH]1. The monoisotopic (exact) mass is 177 g/mol. The predicted octanol–water partition coefficient (Wildman–Crippen LogP) is 3.39. The molecule has 1 rings (SSSR count). The van der Waals surface area contributed by atoms with Gasteiger partial charge < -0.3 is 4.98 Å². The molecule has 1 aromatic heterocycles. The van der Waals surface area contributed by atoms with Crippen LogP contribution in [0.15, 0.2) is 18.3 Å². The molecule has 13 heavy (non-hydrogen) atoms. The van der Waals surface area contributed by atoms with Gasteiger partial charge in [0.2, 0.25) is 0 Å². The number of H-pyrrole nitrogens is 1. The Morgan fingerprint density at radius 1 is 1.23 bits per heavy atom. The van der Waals surface area contributed by atoms with Crippen molar-refractivity contribution in [2.75, 3.05) is 0 Å². The summed E-state index contributed by atoms with van der Waals surface area (Å²) >= 11 is 0. The number of aryl methyl sites for hydroxylation is 1. The molecule has 0 fully saturated rings. The number of hydrogen-bond acceptors (Lipinski definition) is 0. The summed E-state index contributed by atoms with van der Waals surface area (Å²) in [6, 6.07) is 4.22.